The number of hydrogen-bond acceptors (Lipinski definition) is 5. The first kappa shape index (κ1) is 30.2. The van der Waals surface area contributed by atoms with E-state index in [1.807, 2.05) is 85.8 Å². The topological polar surface area (TPSA) is 111 Å². The predicted octanol–water partition coefficient (Wildman–Crippen LogP) is 6.82. The van der Waals surface area contributed by atoms with Crippen LogP contribution in [-0.4, -0.2) is 26.3 Å². The molecule has 1 atom stereocenters. The molecule has 0 aliphatic heterocycles. The van der Waals surface area contributed by atoms with E-state index < -0.39 is 20.4 Å². The summed E-state index contributed by atoms with van der Waals surface area (Å²) >= 11 is 0. The summed E-state index contributed by atoms with van der Waals surface area (Å²) in [5, 5.41) is 15.0. The van der Waals surface area contributed by atoms with Crippen LogP contribution in [0.15, 0.2) is 143 Å². The Hall–Kier alpha value is -5.28. The Kier molecular flexibility index (Phi) is 8.87. The van der Waals surface area contributed by atoms with Crippen LogP contribution in [0, 0.1) is 17.0 Å². The number of hydrogen-bond donors (Lipinski definition) is 1. The molecule has 9 heteroatoms. The molecular formula is C35H31N3O5S. The smallest absolute Gasteiger partial charge is 0.283 e. The van der Waals surface area contributed by atoms with E-state index in [1.54, 1.807) is 37.4 Å². The lowest BCUT2D eigenvalue weighted by Crippen LogP contribution is -2.47. The first-order valence-corrected chi connectivity index (χ1v) is 15.3. The van der Waals surface area contributed by atoms with Crippen molar-refractivity contribution in [3.8, 4) is 5.75 Å². The fraction of sp³-hybridized carbons (Fsp3) is 0.114. The molecule has 0 bridgehead atoms. The number of benzene rings is 5. The first-order chi connectivity index (χ1) is 21.3. The largest absolute Gasteiger partial charge is 0.496 e. The number of non-ortho nitro benzene ring substituents is 1. The Morgan fingerprint density at radius 2 is 1.36 bits per heavy atom. The Balaban J connectivity index is 1.89. The second kappa shape index (κ2) is 12.9. The predicted molar refractivity (Wildman–Crippen MR) is 171 cm³/mol. The maximum Gasteiger partial charge on any atom is 0.283 e. The van der Waals surface area contributed by atoms with Crippen molar-refractivity contribution in [2.75, 3.05) is 7.11 Å². The highest BCUT2D eigenvalue weighted by Crippen LogP contribution is 2.45. The molecule has 1 unspecified atom stereocenters. The average molecular weight is 606 g/mol. The van der Waals surface area contributed by atoms with E-state index >= 15 is 0 Å². The molecule has 5 aromatic rings. The molecule has 0 aliphatic carbocycles. The van der Waals surface area contributed by atoms with Gasteiger partial charge in [-0.05, 0) is 41.8 Å². The molecule has 0 amide bonds. The number of para-hydroxylation sites is 1. The van der Waals surface area contributed by atoms with Crippen molar-refractivity contribution in [1.29, 1.82) is 0 Å². The van der Waals surface area contributed by atoms with Gasteiger partial charge in [0.25, 0.3) is 15.7 Å². The van der Waals surface area contributed by atoms with Crippen molar-refractivity contribution >= 4 is 21.5 Å². The van der Waals surface area contributed by atoms with E-state index in [4.69, 9.17) is 4.74 Å². The number of rotatable bonds is 10. The molecule has 0 aliphatic rings. The molecule has 0 fully saturated rings. The molecule has 222 valence electrons. The van der Waals surface area contributed by atoms with Crippen molar-refractivity contribution < 1.29 is 18.1 Å². The quantitative estimate of drug-likeness (QED) is 0.0615. The van der Waals surface area contributed by atoms with Gasteiger partial charge in [-0.15, -0.1) is 4.40 Å². The van der Waals surface area contributed by atoms with E-state index in [0.29, 0.717) is 22.4 Å². The third-order valence-electron chi connectivity index (χ3n) is 7.42. The highest BCUT2D eigenvalue weighted by molar-refractivity contribution is 7.90. The molecule has 5 rings (SSSR count). The number of amidine groups is 1. The van der Waals surface area contributed by atoms with Crippen molar-refractivity contribution in [2.45, 2.75) is 23.8 Å². The Bertz CT molecular complexity index is 1880. The zero-order chi connectivity index (χ0) is 31.2. The fourth-order valence-electron chi connectivity index (χ4n) is 5.25. The molecule has 44 heavy (non-hydrogen) atoms. The van der Waals surface area contributed by atoms with Gasteiger partial charge in [-0.1, -0.05) is 109 Å². The molecule has 1 N–H and O–H groups in total. The normalized spacial score (nSPS) is 13.1. The number of ether oxygens (including phenoxy) is 1. The van der Waals surface area contributed by atoms with Crippen molar-refractivity contribution in [2.24, 2.45) is 4.40 Å². The highest BCUT2D eigenvalue weighted by Gasteiger charge is 2.45. The number of aryl methyl sites for hydroxylation is 1. The van der Waals surface area contributed by atoms with Crippen LogP contribution in [0.2, 0.25) is 0 Å². The molecule has 0 heterocycles. The fourth-order valence-corrected chi connectivity index (χ4v) is 6.28. The van der Waals surface area contributed by atoms with Crippen molar-refractivity contribution in [3.05, 3.63) is 171 Å². The molecule has 0 aromatic heterocycles. The minimum Gasteiger partial charge on any atom is -0.496 e. The molecule has 0 saturated heterocycles. The average Bonchev–Trinajstić information content (AvgIpc) is 3.05. The summed E-state index contributed by atoms with van der Waals surface area (Å²) in [7, 11) is -2.71. The second-order valence-corrected chi connectivity index (χ2v) is 11.8. The highest BCUT2D eigenvalue weighted by atomic mass is 32.2. The summed E-state index contributed by atoms with van der Waals surface area (Å²) in [6, 6.07) is 38.8. The molecule has 8 nitrogen and oxygen atoms in total. The van der Waals surface area contributed by atoms with Crippen LogP contribution in [0.1, 0.15) is 27.8 Å². The molecular weight excluding hydrogens is 574 g/mol. The number of nitro groups is 1. The summed E-state index contributed by atoms with van der Waals surface area (Å²) in [5.74, 6) is 0.586. The minimum absolute atomic E-state index is 0.0350. The second-order valence-electron chi connectivity index (χ2n) is 10.2. The minimum atomic E-state index is -4.25. The Morgan fingerprint density at radius 1 is 0.795 bits per heavy atom. The SMILES string of the molecule is COc1ccccc1C(C(=NS(=O)(=O)c1ccc(C)cc1)NCc1ccccc1)(c1ccccc1)c1ccc([N+](=O)[O-])cc1. The van der Waals surface area contributed by atoms with Gasteiger partial charge in [0.2, 0.25) is 0 Å². The van der Waals surface area contributed by atoms with Gasteiger partial charge in [-0.3, -0.25) is 10.1 Å². The maximum atomic E-state index is 14.1. The van der Waals surface area contributed by atoms with Gasteiger partial charge in [0.05, 0.1) is 16.9 Å². The van der Waals surface area contributed by atoms with Crippen molar-refractivity contribution in [1.82, 2.24) is 5.32 Å². The monoisotopic (exact) mass is 605 g/mol. The van der Waals surface area contributed by atoms with Crippen LogP contribution < -0.4 is 10.1 Å². The Morgan fingerprint density at radius 3 is 1.98 bits per heavy atom. The van der Waals surface area contributed by atoms with Gasteiger partial charge in [-0.25, -0.2) is 0 Å². The summed E-state index contributed by atoms with van der Waals surface area (Å²) < 4.78 is 38.5. The molecule has 0 saturated carbocycles. The summed E-state index contributed by atoms with van der Waals surface area (Å²) in [4.78, 5) is 11.2. The van der Waals surface area contributed by atoms with E-state index in [2.05, 4.69) is 9.71 Å². The molecule has 0 radical (unpaired) electrons. The first-order valence-electron chi connectivity index (χ1n) is 13.9. The van der Waals surface area contributed by atoms with Gasteiger partial charge in [0.1, 0.15) is 17.0 Å². The van der Waals surface area contributed by atoms with Gasteiger partial charge < -0.3 is 10.1 Å². The zero-order valence-corrected chi connectivity index (χ0v) is 25.1. The summed E-state index contributed by atoms with van der Waals surface area (Å²) in [6.45, 7) is 2.13. The number of nitrogens with one attached hydrogen (secondary N) is 1. The van der Waals surface area contributed by atoms with Crippen molar-refractivity contribution in [3.63, 3.8) is 0 Å². The lowest BCUT2D eigenvalue weighted by molar-refractivity contribution is -0.384. The van der Waals surface area contributed by atoms with Crippen LogP contribution >= 0.6 is 0 Å². The van der Waals surface area contributed by atoms with E-state index in [1.165, 1.54) is 24.3 Å². The number of nitrogens with zero attached hydrogens (tertiary/aromatic N) is 2. The van der Waals surface area contributed by atoms with Gasteiger partial charge in [0, 0.05) is 24.2 Å². The van der Waals surface area contributed by atoms with Crippen LogP contribution in [0.5, 0.6) is 5.75 Å². The van der Waals surface area contributed by atoms with Gasteiger partial charge in [0.15, 0.2) is 0 Å². The molecule has 5 aromatic carbocycles. The maximum absolute atomic E-state index is 14.1. The standard InChI is InChI=1S/C35H31N3O5S/c1-26-17-23-31(24-18-26)44(41,42)37-34(36-25-27-11-5-3-6-12-27)35(28-13-7-4-8-14-28,32-15-9-10-16-33(32)43-2)29-19-21-30(22-20-29)38(39)40/h3-24H,25H2,1-2H3,(H,36,37). The van der Waals surface area contributed by atoms with Crippen LogP contribution in [0.3, 0.4) is 0 Å². The third-order valence-corrected chi connectivity index (χ3v) is 8.71. The van der Waals surface area contributed by atoms with Crippen LogP contribution in [-0.2, 0) is 22.0 Å². The van der Waals surface area contributed by atoms with E-state index in [9.17, 15) is 18.5 Å². The summed E-state index contributed by atoms with van der Waals surface area (Å²) in [6.07, 6.45) is 0. The van der Waals surface area contributed by atoms with Crippen LogP contribution in [0.4, 0.5) is 5.69 Å². The third kappa shape index (κ3) is 6.09. The van der Waals surface area contributed by atoms with Gasteiger partial charge >= 0.3 is 0 Å². The summed E-state index contributed by atoms with van der Waals surface area (Å²) in [5.41, 5.74) is 2.14. The number of nitro benzene ring substituents is 1. The number of sulfonamides is 1. The Labute approximate surface area is 256 Å². The van der Waals surface area contributed by atoms with E-state index in [-0.39, 0.29) is 23.0 Å². The zero-order valence-electron chi connectivity index (χ0n) is 24.3. The number of methoxy groups -OCH3 is 1. The molecule has 0 spiro atoms. The van der Waals surface area contributed by atoms with Crippen LogP contribution in [0.25, 0.3) is 0 Å². The van der Waals surface area contributed by atoms with E-state index in [0.717, 1.165) is 11.1 Å². The lowest BCUT2D eigenvalue weighted by atomic mass is 9.68. The van der Waals surface area contributed by atoms with Gasteiger partial charge in [-0.2, -0.15) is 8.42 Å². The lowest BCUT2D eigenvalue weighted by Gasteiger charge is -2.38.